The number of hydrogen-bond acceptors (Lipinski definition) is 4. The van der Waals surface area contributed by atoms with E-state index in [1.54, 1.807) is 14.2 Å². The lowest BCUT2D eigenvalue weighted by atomic mass is 10.0. The van der Waals surface area contributed by atoms with Crippen LogP contribution in [0.5, 0.6) is 11.5 Å². The summed E-state index contributed by atoms with van der Waals surface area (Å²) >= 11 is 0. The maximum Gasteiger partial charge on any atom is 0.123 e. The topological polar surface area (TPSA) is 33.7 Å². The van der Waals surface area contributed by atoms with Crippen molar-refractivity contribution in [1.29, 1.82) is 0 Å². The zero-order valence-corrected chi connectivity index (χ0v) is 12.0. The Morgan fingerprint density at radius 1 is 1.28 bits per heavy atom. The molecule has 0 heterocycles. The van der Waals surface area contributed by atoms with E-state index in [1.807, 2.05) is 25.2 Å². The first-order valence-corrected chi connectivity index (χ1v) is 6.24. The van der Waals surface area contributed by atoms with E-state index < -0.39 is 0 Å². The molecule has 18 heavy (non-hydrogen) atoms. The number of rotatable bonds is 7. The maximum absolute atomic E-state index is 5.43. The standard InChI is InChI=1S/C14H24N2O2/c1-6-16(3)10-13(15-2)12-9-11(17-4)7-8-14(12)18-5/h7-9,13,15H,6,10H2,1-5H3. The lowest BCUT2D eigenvalue weighted by molar-refractivity contribution is 0.304. The van der Waals surface area contributed by atoms with E-state index in [4.69, 9.17) is 9.47 Å². The Kier molecular flexibility index (Phi) is 5.95. The molecule has 102 valence electrons. The molecule has 0 bridgehead atoms. The molecule has 0 radical (unpaired) electrons. The molecule has 0 spiro atoms. The highest BCUT2D eigenvalue weighted by atomic mass is 16.5. The molecular formula is C14H24N2O2. The van der Waals surface area contributed by atoms with Crippen molar-refractivity contribution in [2.24, 2.45) is 0 Å². The Morgan fingerprint density at radius 2 is 2.00 bits per heavy atom. The summed E-state index contributed by atoms with van der Waals surface area (Å²) in [6.45, 7) is 4.09. The summed E-state index contributed by atoms with van der Waals surface area (Å²) in [4.78, 5) is 2.26. The number of methoxy groups -OCH3 is 2. The molecule has 0 saturated heterocycles. The van der Waals surface area contributed by atoms with Crippen LogP contribution in [0.2, 0.25) is 0 Å². The second-order valence-electron chi connectivity index (χ2n) is 4.30. The third kappa shape index (κ3) is 3.62. The predicted octanol–water partition coefficient (Wildman–Crippen LogP) is 1.92. The summed E-state index contributed by atoms with van der Waals surface area (Å²) in [5, 5.41) is 3.33. The molecule has 0 saturated carbocycles. The Hall–Kier alpha value is -1.26. The molecule has 0 aromatic heterocycles. The van der Waals surface area contributed by atoms with Crippen LogP contribution in [0.15, 0.2) is 18.2 Å². The van der Waals surface area contributed by atoms with Gasteiger partial charge in [0.15, 0.2) is 0 Å². The van der Waals surface area contributed by atoms with E-state index in [1.165, 1.54) is 0 Å². The van der Waals surface area contributed by atoms with Gasteiger partial charge < -0.3 is 19.7 Å². The van der Waals surface area contributed by atoms with E-state index >= 15 is 0 Å². The predicted molar refractivity (Wildman–Crippen MR) is 74.5 cm³/mol. The molecule has 1 rings (SSSR count). The quantitative estimate of drug-likeness (QED) is 0.804. The SMILES string of the molecule is CCN(C)CC(NC)c1cc(OC)ccc1OC. The van der Waals surface area contributed by atoms with Gasteiger partial charge in [-0.25, -0.2) is 0 Å². The highest BCUT2D eigenvalue weighted by Gasteiger charge is 2.16. The fourth-order valence-electron chi connectivity index (χ4n) is 1.90. The van der Waals surface area contributed by atoms with Crippen molar-refractivity contribution < 1.29 is 9.47 Å². The normalized spacial score (nSPS) is 12.6. The minimum Gasteiger partial charge on any atom is -0.497 e. The lowest BCUT2D eigenvalue weighted by Crippen LogP contribution is -2.31. The number of nitrogens with one attached hydrogen (secondary N) is 1. The largest absolute Gasteiger partial charge is 0.497 e. The number of ether oxygens (including phenoxy) is 2. The first kappa shape index (κ1) is 14.8. The molecule has 4 heteroatoms. The highest BCUT2D eigenvalue weighted by molar-refractivity contribution is 5.42. The van der Waals surface area contributed by atoms with E-state index in [2.05, 4.69) is 24.2 Å². The van der Waals surface area contributed by atoms with Crippen LogP contribution in [-0.2, 0) is 0 Å². The van der Waals surface area contributed by atoms with Gasteiger partial charge in [0.2, 0.25) is 0 Å². The number of hydrogen-bond donors (Lipinski definition) is 1. The summed E-state index contributed by atoms with van der Waals surface area (Å²) in [5.41, 5.74) is 1.12. The van der Waals surface area contributed by atoms with Crippen molar-refractivity contribution in [2.45, 2.75) is 13.0 Å². The van der Waals surface area contributed by atoms with Crippen LogP contribution in [0.25, 0.3) is 0 Å². The van der Waals surface area contributed by atoms with Gasteiger partial charge in [-0.1, -0.05) is 6.92 Å². The van der Waals surface area contributed by atoms with E-state index in [-0.39, 0.29) is 6.04 Å². The van der Waals surface area contributed by atoms with Gasteiger partial charge in [0.05, 0.1) is 14.2 Å². The summed E-state index contributed by atoms with van der Waals surface area (Å²) in [6.07, 6.45) is 0. The highest BCUT2D eigenvalue weighted by Crippen LogP contribution is 2.29. The smallest absolute Gasteiger partial charge is 0.123 e. The van der Waals surface area contributed by atoms with Crippen LogP contribution in [-0.4, -0.2) is 46.3 Å². The van der Waals surface area contributed by atoms with Gasteiger partial charge >= 0.3 is 0 Å². The summed E-state index contributed by atoms with van der Waals surface area (Å²) in [5.74, 6) is 1.74. The molecule has 1 N–H and O–H groups in total. The van der Waals surface area contributed by atoms with Gasteiger partial charge in [0, 0.05) is 18.2 Å². The molecule has 0 aliphatic rings. The average molecular weight is 252 g/mol. The van der Waals surface area contributed by atoms with Crippen LogP contribution in [0, 0.1) is 0 Å². The van der Waals surface area contributed by atoms with Gasteiger partial charge in [0.1, 0.15) is 11.5 Å². The van der Waals surface area contributed by atoms with Crippen LogP contribution in [0.4, 0.5) is 0 Å². The average Bonchev–Trinajstić information content (AvgIpc) is 2.43. The zero-order chi connectivity index (χ0) is 13.5. The molecule has 1 atom stereocenters. The third-order valence-electron chi connectivity index (χ3n) is 3.19. The lowest BCUT2D eigenvalue weighted by Gasteiger charge is -2.24. The third-order valence-corrected chi connectivity index (χ3v) is 3.19. The fourth-order valence-corrected chi connectivity index (χ4v) is 1.90. The minimum absolute atomic E-state index is 0.222. The van der Waals surface area contributed by atoms with E-state index in [9.17, 15) is 0 Å². The number of nitrogens with zero attached hydrogens (tertiary/aromatic N) is 1. The molecule has 0 aliphatic carbocycles. The Bertz CT molecular complexity index is 369. The Balaban J connectivity index is 3.01. The van der Waals surface area contributed by atoms with Gasteiger partial charge in [0.25, 0.3) is 0 Å². The zero-order valence-electron chi connectivity index (χ0n) is 12.0. The molecular weight excluding hydrogens is 228 g/mol. The second-order valence-corrected chi connectivity index (χ2v) is 4.30. The van der Waals surface area contributed by atoms with Crippen LogP contribution in [0.1, 0.15) is 18.5 Å². The first-order valence-electron chi connectivity index (χ1n) is 6.24. The van der Waals surface area contributed by atoms with Crippen molar-refractivity contribution in [3.63, 3.8) is 0 Å². The molecule has 1 unspecified atom stereocenters. The van der Waals surface area contributed by atoms with Gasteiger partial charge in [-0.2, -0.15) is 0 Å². The van der Waals surface area contributed by atoms with Gasteiger partial charge in [-0.3, -0.25) is 0 Å². The minimum atomic E-state index is 0.222. The van der Waals surface area contributed by atoms with Crippen molar-refractivity contribution in [2.75, 3.05) is 41.4 Å². The molecule has 1 aromatic rings. The van der Waals surface area contributed by atoms with Crippen molar-refractivity contribution in [1.82, 2.24) is 10.2 Å². The van der Waals surface area contributed by atoms with Gasteiger partial charge in [-0.15, -0.1) is 0 Å². The Morgan fingerprint density at radius 3 is 2.50 bits per heavy atom. The summed E-state index contributed by atoms with van der Waals surface area (Å²) in [6, 6.07) is 6.12. The van der Waals surface area contributed by atoms with Gasteiger partial charge in [-0.05, 0) is 38.8 Å². The van der Waals surface area contributed by atoms with Crippen molar-refractivity contribution in [3.05, 3.63) is 23.8 Å². The second kappa shape index (κ2) is 7.24. The summed E-state index contributed by atoms with van der Waals surface area (Å²) < 4.78 is 10.7. The molecule has 4 nitrogen and oxygen atoms in total. The molecule has 0 fully saturated rings. The monoisotopic (exact) mass is 252 g/mol. The van der Waals surface area contributed by atoms with Crippen LogP contribution < -0.4 is 14.8 Å². The molecule has 0 aliphatic heterocycles. The van der Waals surface area contributed by atoms with E-state index in [0.717, 1.165) is 30.2 Å². The van der Waals surface area contributed by atoms with Crippen LogP contribution >= 0.6 is 0 Å². The number of benzene rings is 1. The van der Waals surface area contributed by atoms with Crippen molar-refractivity contribution in [3.8, 4) is 11.5 Å². The van der Waals surface area contributed by atoms with E-state index in [0.29, 0.717) is 0 Å². The van der Waals surface area contributed by atoms with Crippen molar-refractivity contribution >= 4 is 0 Å². The first-order chi connectivity index (χ1) is 8.65. The fraction of sp³-hybridized carbons (Fsp3) is 0.571. The molecule has 0 amide bonds. The molecule has 1 aromatic carbocycles. The summed E-state index contributed by atoms with van der Waals surface area (Å²) in [7, 11) is 7.45. The van der Waals surface area contributed by atoms with Crippen LogP contribution in [0.3, 0.4) is 0 Å². The number of likely N-dealkylation sites (N-methyl/N-ethyl adjacent to an activating group) is 2. The Labute approximate surface area is 110 Å². The maximum atomic E-state index is 5.43.